The van der Waals surface area contributed by atoms with Crippen LogP contribution in [0.5, 0.6) is 0 Å². The van der Waals surface area contributed by atoms with Crippen LogP contribution in [0.3, 0.4) is 0 Å². The van der Waals surface area contributed by atoms with Crippen LogP contribution in [0.25, 0.3) is 22.2 Å². The summed E-state index contributed by atoms with van der Waals surface area (Å²) < 4.78 is 10.9. The van der Waals surface area contributed by atoms with Crippen LogP contribution in [0, 0.1) is 0 Å². The lowest BCUT2D eigenvalue weighted by molar-refractivity contribution is 0.0441. The van der Waals surface area contributed by atoms with E-state index in [2.05, 4.69) is 10.2 Å². The third-order valence-corrected chi connectivity index (χ3v) is 3.82. The summed E-state index contributed by atoms with van der Waals surface area (Å²) in [7, 11) is 0. The van der Waals surface area contributed by atoms with Crippen molar-refractivity contribution in [2.75, 3.05) is 0 Å². The van der Waals surface area contributed by atoms with Gasteiger partial charge in [0.2, 0.25) is 5.89 Å². The summed E-state index contributed by atoms with van der Waals surface area (Å²) in [5.41, 5.74) is 1.34. The SMILES string of the molecule is O=C(OCc1nnc(-c2ccccc2)o1)c1cccc2ccccc12. The van der Waals surface area contributed by atoms with Gasteiger partial charge >= 0.3 is 5.97 Å². The lowest BCUT2D eigenvalue weighted by Crippen LogP contribution is -2.06. The molecule has 0 atom stereocenters. The summed E-state index contributed by atoms with van der Waals surface area (Å²) in [5.74, 6) is 0.237. The Kier molecular flexibility index (Phi) is 3.96. The minimum Gasteiger partial charge on any atom is -0.452 e. The zero-order valence-electron chi connectivity index (χ0n) is 13.3. The van der Waals surface area contributed by atoms with Crippen LogP contribution in [0.15, 0.2) is 77.2 Å². The fourth-order valence-corrected chi connectivity index (χ4v) is 2.62. The lowest BCUT2D eigenvalue weighted by Gasteiger charge is -2.05. The van der Waals surface area contributed by atoms with Gasteiger partial charge in [0.25, 0.3) is 5.89 Å². The van der Waals surface area contributed by atoms with Gasteiger partial charge in [-0.3, -0.25) is 0 Å². The highest BCUT2D eigenvalue weighted by molar-refractivity contribution is 6.04. The molecule has 5 nitrogen and oxygen atoms in total. The second-order valence-corrected chi connectivity index (χ2v) is 5.47. The molecular formula is C20H14N2O3. The van der Waals surface area contributed by atoms with Crippen LogP contribution < -0.4 is 0 Å². The van der Waals surface area contributed by atoms with E-state index in [1.54, 1.807) is 6.07 Å². The Hall–Kier alpha value is -3.47. The number of carbonyl (C=O) groups is 1. The van der Waals surface area contributed by atoms with E-state index in [1.165, 1.54) is 0 Å². The lowest BCUT2D eigenvalue weighted by atomic mass is 10.1. The zero-order valence-corrected chi connectivity index (χ0v) is 13.3. The predicted molar refractivity (Wildman–Crippen MR) is 92.8 cm³/mol. The number of benzene rings is 3. The standard InChI is InChI=1S/C20H14N2O3/c23-20(17-12-6-10-14-7-4-5-11-16(14)17)24-13-18-21-22-19(25-18)15-8-2-1-3-9-15/h1-12H,13H2. The van der Waals surface area contributed by atoms with Crippen LogP contribution in [0.4, 0.5) is 0 Å². The Morgan fingerprint density at radius 1 is 0.880 bits per heavy atom. The Bertz CT molecular complexity index is 1020. The van der Waals surface area contributed by atoms with E-state index in [1.807, 2.05) is 66.7 Å². The summed E-state index contributed by atoms with van der Waals surface area (Å²) in [5, 5.41) is 9.75. The third kappa shape index (κ3) is 3.12. The van der Waals surface area contributed by atoms with Crippen molar-refractivity contribution in [1.29, 1.82) is 0 Å². The van der Waals surface area contributed by atoms with Gasteiger partial charge in [-0.05, 0) is 29.0 Å². The van der Waals surface area contributed by atoms with E-state index in [9.17, 15) is 4.79 Å². The second-order valence-electron chi connectivity index (χ2n) is 5.47. The fourth-order valence-electron chi connectivity index (χ4n) is 2.62. The Morgan fingerprint density at radius 3 is 2.52 bits per heavy atom. The molecule has 4 aromatic rings. The van der Waals surface area contributed by atoms with Crippen molar-refractivity contribution in [3.63, 3.8) is 0 Å². The Morgan fingerprint density at radius 2 is 1.64 bits per heavy atom. The van der Waals surface area contributed by atoms with Crippen molar-refractivity contribution < 1.29 is 13.9 Å². The number of hydrogen-bond acceptors (Lipinski definition) is 5. The first-order valence-corrected chi connectivity index (χ1v) is 7.84. The van der Waals surface area contributed by atoms with Gasteiger partial charge in [-0.15, -0.1) is 10.2 Å². The molecule has 0 saturated carbocycles. The molecule has 0 unspecified atom stereocenters. The highest BCUT2D eigenvalue weighted by Gasteiger charge is 2.14. The van der Waals surface area contributed by atoms with E-state index in [4.69, 9.17) is 9.15 Å². The van der Waals surface area contributed by atoms with Gasteiger partial charge in [-0.25, -0.2) is 4.79 Å². The number of ether oxygens (including phenoxy) is 1. The number of rotatable bonds is 4. The fraction of sp³-hybridized carbons (Fsp3) is 0.0500. The molecule has 1 aromatic heterocycles. The van der Waals surface area contributed by atoms with Crippen LogP contribution in [-0.4, -0.2) is 16.2 Å². The number of hydrogen-bond donors (Lipinski definition) is 0. The summed E-state index contributed by atoms with van der Waals surface area (Å²) in [6.45, 7) is -0.0676. The molecule has 0 radical (unpaired) electrons. The smallest absolute Gasteiger partial charge is 0.339 e. The van der Waals surface area contributed by atoms with Crippen LogP contribution in [0.1, 0.15) is 16.2 Å². The van der Waals surface area contributed by atoms with Crippen molar-refractivity contribution in [3.8, 4) is 11.5 Å². The summed E-state index contributed by atoms with van der Waals surface area (Å²) in [4.78, 5) is 12.4. The first-order valence-electron chi connectivity index (χ1n) is 7.84. The number of nitrogens with zero attached hydrogens (tertiary/aromatic N) is 2. The number of fused-ring (bicyclic) bond motifs is 1. The topological polar surface area (TPSA) is 65.2 Å². The highest BCUT2D eigenvalue weighted by atomic mass is 16.5. The van der Waals surface area contributed by atoms with Crippen molar-refractivity contribution in [1.82, 2.24) is 10.2 Å². The molecule has 0 N–H and O–H groups in total. The molecule has 0 bridgehead atoms. The summed E-state index contributed by atoms with van der Waals surface area (Å²) in [6.07, 6.45) is 0. The Labute approximate surface area is 143 Å². The Balaban J connectivity index is 1.50. The maximum atomic E-state index is 12.4. The largest absolute Gasteiger partial charge is 0.452 e. The van der Waals surface area contributed by atoms with Gasteiger partial charge in [0.1, 0.15) is 0 Å². The molecular weight excluding hydrogens is 316 g/mol. The summed E-state index contributed by atoms with van der Waals surface area (Å²) >= 11 is 0. The minimum absolute atomic E-state index is 0.0676. The highest BCUT2D eigenvalue weighted by Crippen LogP contribution is 2.20. The first-order chi connectivity index (χ1) is 12.3. The average molecular weight is 330 g/mol. The quantitative estimate of drug-likeness (QED) is 0.523. The molecule has 0 spiro atoms. The van der Waals surface area contributed by atoms with Crippen molar-refractivity contribution in [2.45, 2.75) is 6.61 Å². The third-order valence-electron chi connectivity index (χ3n) is 3.82. The van der Waals surface area contributed by atoms with Gasteiger partial charge in [0.05, 0.1) is 5.56 Å². The van der Waals surface area contributed by atoms with E-state index < -0.39 is 5.97 Å². The molecule has 122 valence electrons. The second kappa shape index (κ2) is 6.57. The normalized spacial score (nSPS) is 10.7. The monoisotopic (exact) mass is 330 g/mol. The van der Waals surface area contributed by atoms with Gasteiger partial charge in [-0.1, -0.05) is 54.6 Å². The van der Waals surface area contributed by atoms with Gasteiger partial charge < -0.3 is 9.15 Å². The average Bonchev–Trinajstić information content (AvgIpc) is 3.15. The van der Waals surface area contributed by atoms with Crippen LogP contribution >= 0.6 is 0 Å². The minimum atomic E-state index is -0.420. The van der Waals surface area contributed by atoms with Crippen molar-refractivity contribution in [3.05, 3.63) is 84.3 Å². The predicted octanol–water partition coefficient (Wildman–Crippen LogP) is 4.25. The molecule has 5 heteroatoms. The summed E-state index contributed by atoms with van der Waals surface area (Å²) in [6, 6.07) is 22.6. The molecule has 0 aliphatic heterocycles. The van der Waals surface area contributed by atoms with Crippen LogP contribution in [-0.2, 0) is 11.3 Å². The molecule has 25 heavy (non-hydrogen) atoms. The molecule has 1 heterocycles. The van der Waals surface area contributed by atoms with Crippen LogP contribution in [0.2, 0.25) is 0 Å². The maximum Gasteiger partial charge on any atom is 0.339 e. The number of aromatic nitrogens is 2. The maximum absolute atomic E-state index is 12.4. The number of esters is 1. The first kappa shape index (κ1) is 15.1. The molecule has 4 rings (SSSR count). The zero-order chi connectivity index (χ0) is 17.1. The van der Waals surface area contributed by atoms with Crippen molar-refractivity contribution >= 4 is 16.7 Å². The molecule has 0 aliphatic carbocycles. The van der Waals surface area contributed by atoms with Gasteiger partial charge in [0, 0.05) is 5.56 Å². The molecule has 3 aromatic carbocycles. The van der Waals surface area contributed by atoms with E-state index in [0.717, 1.165) is 16.3 Å². The van der Waals surface area contributed by atoms with E-state index >= 15 is 0 Å². The van der Waals surface area contributed by atoms with E-state index in [0.29, 0.717) is 11.5 Å². The van der Waals surface area contributed by atoms with E-state index in [-0.39, 0.29) is 12.5 Å². The van der Waals surface area contributed by atoms with Crippen molar-refractivity contribution in [2.24, 2.45) is 0 Å². The molecule has 0 amide bonds. The molecule has 0 aliphatic rings. The van der Waals surface area contributed by atoms with Gasteiger partial charge in [0.15, 0.2) is 6.61 Å². The molecule has 0 fully saturated rings. The van der Waals surface area contributed by atoms with Gasteiger partial charge in [-0.2, -0.15) is 0 Å². The molecule has 0 saturated heterocycles. The number of carbonyl (C=O) groups excluding carboxylic acids is 1.